The molecule has 0 aromatic rings. The molecule has 0 saturated carbocycles. The van der Waals surface area contributed by atoms with E-state index in [9.17, 15) is 4.79 Å². The zero-order valence-electron chi connectivity index (χ0n) is 12.1. The van der Waals surface area contributed by atoms with Crippen LogP contribution in [0.1, 0.15) is 20.8 Å². The van der Waals surface area contributed by atoms with E-state index in [-0.39, 0.29) is 11.3 Å². The third-order valence-electron chi connectivity index (χ3n) is 2.21. The molecule has 0 radical (unpaired) electrons. The van der Waals surface area contributed by atoms with Crippen LogP contribution >= 0.6 is 11.8 Å². The van der Waals surface area contributed by atoms with Gasteiger partial charge in [0.15, 0.2) is 5.96 Å². The lowest BCUT2D eigenvalue weighted by atomic mass is 9.96. The quantitative estimate of drug-likeness (QED) is 0.378. The highest BCUT2D eigenvalue weighted by Gasteiger charge is 2.20. The van der Waals surface area contributed by atoms with Crippen molar-refractivity contribution in [2.45, 2.75) is 20.8 Å². The van der Waals surface area contributed by atoms with Gasteiger partial charge < -0.3 is 16.0 Å². The molecule has 6 heteroatoms. The van der Waals surface area contributed by atoms with Crippen LogP contribution in [0, 0.1) is 5.41 Å². The van der Waals surface area contributed by atoms with Crippen LogP contribution in [0.5, 0.6) is 0 Å². The molecule has 0 aliphatic carbocycles. The molecule has 1 amide bonds. The van der Waals surface area contributed by atoms with Crippen LogP contribution in [0.15, 0.2) is 4.99 Å². The van der Waals surface area contributed by atoms with Gasteiger partial charge in [-0.25, -0.2) is 0 Å². The van der Waals surface area contributed by atoms with Crippen LogP contribution in [-0.2, 0) is 4.79 Å². The maximum Gasteiger partial charge on any atom is 0.225 e. The monoisotopic (exact) mass is 274 g/mol. The van der Waals surface area contributed by atoms with Crippen molar-refractivity contribution in [3.05, 3.63) is 0 Å². The molecule has 106 valence electrons. The minimum atomic E-state index is -0.335. The van der Waals surface area contributed by atoms with E-state index in [1.54, 1.807) is 18.8 Å². The fourth-order valence-electron chi connectivity index (χ4n) is 1.11. The van der Waals surface area contributed by atoms with Crippen molar-refractivity contribution < 1.29 is 4.79 Å². The summed E-state index contributed by atoms with van der Waals surface area (Å²) in [5.74, 6) is 1.88. The molecule has 0 rings (SSSR count). The Labute approximate surface area is 115 Å². The van der Waals surface area contributed by atoms with Gasteiger partial charge in [-0.2, -0.15) is 11.8 Å². The summed E-state index contributed by atoms with van der Waals surface area (Å²) in [6, 6.07) is 0. The molecule has 0 bridgehead atoms. The van der Waals surface area contributed by atoms with Crippen molar-refractivity contribution in [1.82, 2.24) is 16.0 Å². The van der Waals surface area contributed by atoms with Crippen molar-refractivity contribution >= 4 is 23.6 Å². The van der Waals surface area contributed by atoms with E-state index < -0.39 is 0 Å². The van der Waals surface area contributed by atoms with Crippen molar-refractivity contribution in [2.75, 3.05) is 38.7 Å². The normalized spacial score (nSPS) is 12.2. The van der Waals surface area contributed by atoms with E-state index in [0.717, 1.165) is 18.3 Å². The van der Waals surface area contributed by atoms with Gasteiger partial charge in [0.1, 0.15) is 0 Å². The van der Waals surface area contributed by atoms with Gasteiger partial charge in [-0.15, -0.1) is 0 Å². The largest absolute Gasteiger partial charge is 0.356 e. The first kappa shape index (κ1) is 17.1. The molecule has 0 aliphatic rings. The zero-order chi connectivity index (χ0) is 14.0. The smallest absolute Gasteiger partial charge is 0.225 e. The predicted molar refractivity (Wildman–Crippen MR) is 80.2 cm³/mol. The summed E-state index contributed by atoms with van der Waals surface area (Å²) in [5.41, 5.74) is -0.335. The third-order valence-corrected chi connectivity index (χ3v) is 2.82. The second kappa shape index (κ2) is 9.08. The minimum absolute atomic E-state index is 0.0645. The number of nitrogens with zero attached hydrogens (tertiary/aromatic N) is 1. The number of thioether (sulfide) groups is 1. The molecule has 5 nitrogen and oxygen atoms in total. The van der Waals surface area contributed by atoms with Gasteiger partial charge in [0.05, 0.1) is 0 Å². The van der Waals surface area contributed by atoms with Gasteiger partial charge in [0.2, 0.25) is 5.91 Å². The lowest BCUT2D eigenvalue weighted by Gasteiger charge is -2.18. The SMILES string of the molecule is CN=C(NCCNC(=O)C(C)(C)C)NCCSC. The highest BCUT2D eigenvalue weighted by Crippen LogP contribution is 2.11. The summed E-state index contributed by atoms with van der Waals surface area (Å²) in [5, 5.41) is 9.23. The number of amides is 1. The van der Waals surface area contributed by atoms with Crippen LogP contribution in [0.3, 0.4) is 0 Å². The van der Waals surface area contributed by atoms with Crippen molar-refractivity contribution in [3.8, 4) is 0 Å². The number of hydrogen-bond donors (Lipinski definition) is 3. The average Bonchev–Trinajstić information content (AvgIpc) is 2.30. The summed E-state index contributed by atoms with van der Waals surface area (Å²) in [7, 11) is 1.74. The molecule has 0 aromatic carbocycles. The van der Waals surface area contributed by atoms with Crippen LogP contribution < -0.4 is 16.0 Å². The topological polar surface area (TPSA) is 65.5 Å². The Hall–Kier alpha value is -0.910. The number of nitrogens with one attached hydrogen (secondary N) is 3. The Morgan fingerprint density at radius 2 is 1.67 bits per heavy atom. The van der Waals surface area contributed by atoms with Gasteiger partial charge in [0.25, 0.3) is 0 Å². The molecule has 0 aliphatic heterocycles. The molecule has 0 aromatic heterocycles. The van der Waals surface area contributed by atoms with Crippen LogP contribution in [0.2, 0.25) is 0 Å². The molecule has 0 atom stereocenters. The summed E-state index contributed by atoms with van der Waals surface area (Å²) >= 11 is 1.79. The molecule has 0 spiro atoms. The molecular weight excluding hydrogens is 248 g/mol. The molecular formula is C12H26N4OS. The molecule has 0 fully saturated rings. The summed E-state index contributed by atoms with van der Waals surface area (Å²) in [6.07, 6.45) is 2.07. The van der Waals surface area contributed by atoms with E-state index in [4.69, 9.17) is 0 Å². The lowest BCUT2D eigenvalue weighted by Crippen LogP contribution is -2.43. The first-order valence-corrected chi connectivity index (χ1v) is 7.53. The Morgan fingerprint density at radius 1 is 1.11 bits per heavy atom. The fraction of sp³-hybridized carbons (Fsp3) is 0.833. The van der Waals surface area contributed by atoms with Gasteiger partial charge in [-0.05, 0) is 6.26 Å². The minimum Gasteiger partial charge on any atom is -0.356 e. The number of carbonyl (C=O) groups excluding carboxylic acids is 1. The Kier molecular flexibility index (Phi) is 8.62. The Morgan fingerprint density at radius 3 is 2.17 bits per heavy atom. The van der Waals surface area contributed by atoms with Crippen molar-refractivity contribution in [1.29, 1.82) is 0 Å². The molecule has 18 heavy (non-hydrogen) atoms. The summed E-state index contributed by atoms with van der Waals surface area (Å²) in [6.45, 7) is 7.85. The van der Waals surface area contributed by atoms with Gasteiger partial charge >= 0.3 is 0 Å². The average molecular weight is 274 g/mol. The highest BCUT2D eigenvalue weighted by molar-refractivity contribution is 7.98. The first-order chi connectivity index (χ1) is 8.41. The fourth-order valence-corrected chi connectivity index (χ4v) is 1.42. The van der Waals surface area contributed by atoms with E-state index in [1.807, 2.05) is 20.8 Å². The number of aliphatic imine (C=N–C) groups is 1. The highest BCUT2D eigenvalue weighted by atomic mass is 32.2. The van der Waals surface area contributed by atoms with Crippen LogP contribution in [0.25, 0.3) is 0 Å². The van der Waals surface area contributed by atoms with Crippen molar-refractivity contribution in [2.24, 2.45) is 10.4 Å². The lowest BCUT2D eigenvalue weighted by molar-refractivity contribution is -0.128. The zero-order valence-corrected chi connectivity index (χ0v) is 12.9. The van der Waals surface area contributed by atoms with E-state index >= 15 is 0 Å². The van der Waals surface area contributed by atoms with Crippen molar-refractivity contribution in [3.63, 3.8) is 0 Å². The summed E-state index contributed by atoms with van der Waals surface area (Å²) < 4.78 is 0. The molecule has 0 heterocycles. The standard InChI is InChI=1S/C12H26N4OS/c1-12(2,3)10(17)14-6-7-15-11(13-4)16-8-9-18-5/h6-9H2,1-5H3,(H,14,17)(H2,13,15,16). The maximum absolute atomic E-state index is 11.6. The number of carbonyl (C=O) groups is 1. The second-order valence-corrected chi connectivity index (χ2v) is 5.91. The number of guanidine groups is 1. The van der Waals surface area contributed by atoms with Crippen LogP contribution in [-0.4, -0.2) is 50.6 Å². The Balaban J connectivity index is 3.73. The van der Waals surface area contributed by atoms with E-state index in [2.05, 4.69) is 27.2 Å². The van der Waals surface area contributed by atoms with Crippen LogP contribution in [0.4, 0.5) is 0 Å². The molecule has 3 N–H and O–H groups in total. The summed E-state index contributed by atoms with van der Waals surface area (Å²) in [4.78, 5) is 15.7. The maximum atomic E-state index is 11.6. The predicted octanol–water partition coefficient (Wildman–Crippen LogP) is 0.677. The first-order valence-electron chi connectivity index (χ1n) is 6.13. The van der Waals surface area contributed by atoms with Gasteiger partial charge in [-0.3, -0.25) is 9.79 Å². The molecule has 0 saturated heterocycles. The number of rotatable bonds is 6. The van der Waals surface area contributed by atoms with Gasteiger partial charge in [0, 0.05) is 37.8 Å². The number of hydrogen-bond acceptors (Lipinski definition) is 3. The van der Waals surface area contributed by atoms with E-state index in [0.29, 0.717) is 13.1 Å². The molecule has 0 unspecified atom stereocenters. The van der Waals surface area contributed by atoms with Gasteiger partial charge in [-0.1, -0.05) is 20.8 Å². The Bertz CT molecular complexity index is 274. The third kappa shape index (κ3) is 8.22. The second-order valence-electron chi connectivity index (χ2n) is 4.92. The van der Waals surface area contributed by atoms with E-state index in [1.165, 1.54) is 0 Å².